The molecular weight excluding hydrogens is 226 g/mol. The molecule has 0 spiro atoms. The smallest absolute Gasteiger partial charge is 0.161 e. The van der Waals surface area contributed by atoms with E-state index in [2.05, 4.69) is 21.2 Å². The van der Waals surface area contributed by atoms with E-state index in [0.717, 1.165) is 22.1 Å². The monoisotopic (exact) mass is 234 g/mol. The highest BCUT2D eigenvalue weighted by molar-refractivity contribution is 5.93. The van der Waals surface area contributed by atoms with Crippen LogP contribution in [0.3, 0.4) is 0 Å². The summed E-state index contributed by atoms with van der Waals surface area (Å²) in [4.78, 5) is 4.23. The van der Waals surface area contributed by atoms with Gasteiger partial charge in [0, 0.05) is 23.7 Å². The van der Waals surface area contributed by atoms with Gasteiger partial charge in [0.25, 0.3) is 0 Å². The zero-order chi connectivity index (χ0) is 11.9. The van der Waals surface area contributed by atoms with E-state index in [4.69, 9.17) is 4.42 Å². The van der Waals surface area contributed by atoms with E-state index < -0.39 is 0 Å². The van der Waals surface area contributed by atoms with Crippen molar-refractivity contribution in [3.05, 3.63) is 48.7 Å². The van der Waals surface area contributed by atoms with Gasteiger partial charge in [0.15, 0.2) is 11.3 Å². The molecule has 0 amide bonds. The Morgan fingerprint density at radius 3 is 3.11 bits per heavy atom. The third-order valence-corrected chi connectivity index (χ3v) is 2.92. The van der Waals surface area contributed by atoms with Crippen molar-refractivity contribution in [1.29, 1.82) is 0 Å². The minimum Gasteiger partial charge on any atom is -0.452 e. The Labute approximate surface area is 102 Å². The predicted octanol–water partition coefficient (Wildman–Crippen LogP) is 3.17. The first-order valence-electron chi connectivity index (χ1n) is 5.61. The maximum Gasteiger partial charge on any atom is 0.161 e. The summed E-state index contributed by atoms with van der Waals surface area (Å²) < 4.78 is 5.72. The summed E-state index contributed by atoms with van der Waals surface area (Å²) >= 11 is 0. The van der Waals surface area contributed by atoms with Crippen LogP contribution in [0, 0.1) is 6.07 Å². The standard InChI is InChI=1S/C14H8N3O/c1-2-5-10-9(4-1)14(17-16-10)13-8-11-12(18-13)6-3-7-15-11/h1-5,7-8H,(H,16,17). The molecule has 4 rings (SSSR count). The molecule has 4 aromatic rings. The van der Waals surface area contributed by atoms with Crippen LogP contribution in [0.4, 0.5) is 0 Å². The number of furan rings is 1. The van der Waals surface area contributed by atoms with E-state index in [-0.39, 0.29) is 0 Å². The van der Waals surface area contributed by atoms with Gasteiger partial charge in [-0.3, -0.25) is 10.1 Å². The lowest BCUT2D eigenvalue weighted by Gasteiger charge is -1.90. The molecule has 0 aliphatic heterocycles. The van der Waals surface area contributed by atoms with Crippen LogP contribution in [-0.2, 0) is 0 Å². The van der Waals surface area contributed by atoms with Gasteiger partial charge in [0.1, 0.15) is 11.2 Å². The fraction of sp³-hybridized carbons (Fsp3) is 0. The molecule has 0 aliphatic carbocycles. The second-order valence-corrected chi connectivity index (χ2v) is 4.03. The van der Waals surface area contributed by atoms with E-state index in [9.17, 15) is 0 Å². The fourth-order valence-corrected chi connectivity index (χ4v) is 2.08. The Morgan fingerprint density at radius 2 is 2.17 bits per heavy atom. The quantitative estimate of drug-likeness (QED) is 0.550. The topological polar surface area (TPSA) is 54.7 Å². The third kappa shape index (κ3) is 1.26. The predicted molar refractivity (Wildman–Crippen MR) is 67.9 cm³/mol. The highest BCUT2D eigenvalue weighted by Gasteiger charge is 2.12. The van der Waals surface area contributed by atoms with Crippen molar-refractivity contribution < 1.29 is 4.42 Å². The van der Waals surface area contributed by atoms with Crippen LogP contribution in [-0.4, -0.2) is 15.2 Å². The number of nitrogens with one attached hydrogen (secondary N) is 1. The zero-order valence-corrected chi connectivity index (χ0v) is 9.34. The molecule has 18 heavy (non-hydrogen) atoms. The second-order valence-electron chi connectivity index (χ2n) is 4.03. The Balaban J connectivity index is 2.01. The van der Waals surface area contributed by atoms with Crippen LogP contribution in [0.25, 0.3) is 33.5 Å². The van der Waals surface area contributed by atoms with E-state index >= 15 is 0 Å². The molecule has 0 saturated carbocycles. The summed E-state index contributed by atoms with van der Waals surface area (Å²) in [6.45, 7) is 0. The first-order valence-corrected chi connectivity index (χ1v) is 5.61. The summed E-state index contributed by atoms with van der Waals surface area (Å²) in [5.41, 5.74) is 3.24. The van der Waals surface area contributed by atoms with E-state index in [1.165, 1.54) is 0 Å². The van der Waals surface area contributed by atoms with Crippen molar-refractivity contribution in [1.82, 2.24) is 15.2 Å². The molecule has 0 saturated heterocycles. The number of fused-ring (bicyclic) bond motifs is 2. The fourth-order valence-electron chi connectivity index (χ4n) is 2.08. The molecule has 0 atom stereocenters. The lowest BCUT2D eigenvalue weighted by atomic mass is 10.2. The SMILES string of the molecule is [c]1ccnc2cc(-c3n[nH]c4ccccc34)oc12. The summed E-state index contributed by atoms with van der Waals surface area (Å²) in [7, 11) is 0. The van der Waals surface area contributed by atoms with E-state index in [1.54, 1.807) is 12.3 Å². The van der Waals surface area contributed by atoms with Crippen molar-refractivity contribution in [2.75, 3.05) is 0 Å². The number of aromatic nitrogens is 3. The minimum absolute atomic E-state index is 0.652. The van der Waals surface area contributed by atoms with E-state index in [1.807, 2.05) is 30.3 Å². The maximum absolute atomic E-state index is 5.72. The van der Waals surface area contributed by atoms with Crippen molar-refractivity contribution in [2.24, 2.45) is 0 Å². The van der Waals surface area contributed by atoms with Gasteiger partial charge in [-0.2, -0.15) is 5.10 Å². The van der Waals surface area contributed by atoms with Gasteiger partial charge >= 0.3 is 0 Å². The molecule has 3 aromatic heterocycles. The molecular formula is C14H8N3O. The first kappa shape index (κ1) is 9.41. The van der Waals surface area contributed by atoms with Gasteiger partial charge in [-0.15, -0.1) is 0 Å². The molecule has 0 aliphatic rings. The number of hydrogen-bond acceptors (Lipinski definition) is 3. The average molecular weight is 234 g/mol. The summed E-state index contributed by atoms with van der Waals surface area (Å²) in [5, 5.41) is 8.33. The van der Waals surface area contributed by atoms with Gasteiger partial charge in [-0.25, -0.2) is 0 Å². The van der Waals surface area contributed by atoms with Crippen LogP contribution < -0.4 is 0 Å². The van der Waals surface area contributed by atoms with Crippen LogP contribution >= 0.6 is 0 Å². The molecule has 85 valence electrons. The maximum atomic E-state index is 5.72. The van der Waals surface area contributed by atoms with Crippen molar-refractivity contribution >= 4 is 22.0 Å². The van der Waals surface area contributed by atoms with Crippen LogP contribution in [0.2, 0.25) is 0 Å². The summed E-state index contributed by atoms with van der Waals surface area (Å²) in [6.07, 6.45) is 1.70. The summed E-state index contributed by atoms with van der Waals surface area (Å²) in [5.74, 6) is 0.706. The zero-order valence-electron chi connectivity index (χ0n) is 9.34. The molecule has 1 radical (unpaired) electrons. The number of aromatic amines is 1. The molecule has 4 heteroatoms. The highest BCUT2D eigenvalue weighted by Crippen LogP contribution is 2.29. The number of hydrogen-bond donors (Lipinski definition) is 1. The number of para-hydroxylation sites is 1. The van der Waals surface area contributed by atoms with Crippen LogP contribution in [0.15, 0.2) is 47.0 Å². The Morgan fingerprint density at radius 1 is 1.22 bits per heavy atom. The highest BCUT2D eigenvalue weighted by atomic mass is 16.3. The van der Waals surface area contributed by atoms with Gasteiger partial charge in [-0.05, 0) is 12.1 Å². The molecule has 0 unspecified atom stereocenters. The minimum atomic E-state index is 0.652. The average Bonchev–Trinajstić information content (AvgIpc) is 3.02. The number of benzene rings is 1. The van der Waals surface area contributed by atoms with Gasteiger partial charge in [-0.1, -0.05) is 18.2 Å². The molecule has 0 fully saturated rings. The number of H-pyrrole nitrogens is 1. The van der Waals surface area contributed by atoms with Gasteiger partial charge in [0.05, 0.1) is 5.52 Å². The van der Waals surface area contributed by atoms with Crippen molar-refractivity contribution in [2.45, 2.75) is 0 Å². The summed E-state index contributed by atoms with van der Waals surface area (Å²) in [6, 6.07) is 14.6. The Kier molecular flexibility index (Phi) is 1.80. The molecule has 0 bridgehead atoms. The number of nitrogens with zero attached hydrogens (tertiary/aromatic N) is 2. The van der Waals surface area contributed by atoms with Crippen molar-refractivity contribution in [3.8, 4) is 11.5 Å². The van der Waals surface area contributed by atoms with Crippen LogP contribution in [0.5, 0.6) is 0 Å². The largest absolute Gasteiger partial charge is 0.452 e. The van der Waals surface area contributed by atoms with Crippen molar-refractivity contribution in [3.63, 3.8) is 0 Å². The number of pyridine rings is 1. The second kappa shape index (κ2) is 3.43. The normalized spacial score (nSPS) is 11.3. The van der Waals surface area contributed by atoms with Gasteiger partial charge < -0.3 is 4.42 Å². The molecule has 1 N–H and O–H groups in total. The first-order chi connectivity index (χ1) is 8.92. The lowest BCUT2D eigenvalue weighted by Crippen LogP contribution is -1.73. The van der Waals surface area contributed by atoms with E-state index in [0.29, 0.717) is 11.3 Å². The van der Waals surface area contributed by atoms with Crippen LogP contribution in [0.1, 0.15) is 0 Å². The van der Waals surface area contributed by atoms with Gasteiger partial charge in [0.2, 0.25) is 0 Å². The molecule has 3 heterocycles. The lowest BCUT2D eigenvalue weighted by molar-refractivity contribution is 0.628. The Hall–Kier alpha value is -2.62. The molecule has 4 nitrogen and oxygen atoms in total. The number of rotatable bonds is 1. The Bertz CT molecular complexity index is 811. The molecule has 1 aromatic carbocycles. The third-order valence-electron chi connectivity index (χ3n) is 2.92.